The van der Waals surface area contributed by atoms with Gasteiger partial charge in [-0.3, -0.25) is 4.99 Å². The Balaban J connectivity index is 0.00000242. The van der Waals surface area contributed by atoms with Gasteiger partial charge in [-0.1, -0.05) is 19.3 Å². The third-order valence-electron chi connectivity index (χ3n) is 4.63. The number of nitrogens with zero attached hydrogens (tertiary/aromatic N) is 2. The van der Waals surface area contributed by atoms with Crippen molar-refractivity contribution in [2.45, 2.75) is 51.0 Å². The van der Waals surface area contributed by atoms with Crippen LogP contribution in [0.3, 0.4) is 0 Å². The van der Waals surface area contributed by atoms with Crippen molar-refractivity contribution >= 4 is 29.9 Å². The Bertz CT molecular complexity index is 346. The summed E-state index contributed by atoms with van der Waals surface area (Å²) in [7, 11) is 1.76. The number of guanidine groups is 1. The lowest BCUT2D eigenvalue weighted by atomic mass is 9.85. The van der Waals surface area contributed by atoms with Crippen LogP contribution in [0, 0.1) is 5.92 Å². The fraction of sp³-hybridized carbons (Fsp3) is 0.938. The average Bonchev–Trinajstić information content (AvgIpc) is 2.93. The van der Waals surface area contributed by atoms with E-state index < -0.39 is 5.60 Å². The average molecular weight is 425 g/mol. The quantitative estimate of drug-likeness (QED) is 0.403. The van der Waals surface area contributed by atoms with Crippen LogP contribution in [0.2, 0.25) is 0 Å². The van der Waals surface area contributed by atoms with Crippen molar-refractivity contribution in [3.63, 3.8) is 0 Å². The van der Waals surface area contributed by atoms with Crippen LogP contribution in [-0.2, 0) is 4.74 Å². The molecule has 2 N–H and O–H groups in total. The summed E-state index contributed by atoms with van der Waals surface area (Å²) in [6.45, 7) is 6.33. The smallest absolute Gasteiger partial charge is 0.194 e. The van der Waals surface area contributed by atoms with E-state index in [-0.39, 0.29) is 24.0 Å². The highest BCUT2D eigenvalue weighted by atomic mass is 127. The monoisotopic (exact) mass is 425 g/mol. The van der Waals surface area contributed by atoms with E-state index in [9.17, 15) is 5.11 Å². The molecule has 0 aromatic heterocycles. The highest BCUT2D eigenvalue weighted by Gasteiger charge is 2.30. The van der Waals surface area contributed by atoms with Gasteiger partial charge >= 0.3 is 0 Å². The molecule has 6 heteroatoms. The number of ether oxygens (including phenoxy) is 1. The molecular formula is C16H32IN3O2. The van der Waals surface area contributed by atoms with Gasteiger partial charge in [0.25, 0.3) is 0 Å². The number of nitrogens with one attached hydrogen (secondary N) is 1. The van der Waals surface area contributed by atoms with Crippen LogP contribution in [0.5, 0.6) is 0 Å². The maximum absolute atomic E-state index is 10.6. The van der Waals surface area contributed by atoms with Crippen molar-refractivity contribution in [1.29, 1.82) is 0 Å². The van der Waals surface area contributed by atoms with Gasteiger partial charge in [0.2, 0.25) is 0 Å². The largest absolute Gasteiger partial charge is 0.388 e. The lowest BCUT2D eigenvalue weighted by Gasteiger charge is -2.31. The van der Waals surface area contributed by atoms with Crippen LogP contribution in [0.1, 0.15) is 45.4 Å². The second-order valence-electron chi connectivity index (χ2n) is 6.51. The van der Waals surface area contributed by atoms with Gasteiger partial charge in [-0.15, -0.1) is 24.0 Å². The summed E-state index contributed by atoms with van der Waals surface area (Å²) in [5.41, 5.74) is -0.579. The normalized spacial score (nSPS) is 25.0. The van der Waals surface area contributed by atoms with E-state index in [2.05, 4.69) is 17.1 Å². The van der Waals surface area contributed by atoms with Crippen LogP contribution < -0.4 is 5.32 Å². The third kappa shape index (κ3) is 5.85. The Morgan fingerprint density at radius 1 is 1.36 bits per heavy atom. The molecule has 1 unspecified atom stereocenters. The topological polar surface area (TPSA) is 57.1 Å². The van der Waals surface area contributed by atoms with Crippen molar-refractivity contribution in [2.24, 2.45) is 10.9 Å². The van der Waals surface area contributed by atoms with E-state index in [1.807, 2.05) is 0 Å². The first-order valence-electron chi connectivity index (χ1n) is 8.41. The standard InChI is InChI=1S/C16H31N3O2.HI/c1-3-17-15(19-10-7-14(11-19)12-21-2)18-13-16(20)8-5-4-6-9-16;/h14,20H,3-13H2,1-2H3,(H,17,18);1H. The van der Waals surface area contributed by atoms with Gasteiger partial charge < -0.3 is 20.1 Å². The molecule has 1 atom stereocenters. The summed E-state index contributed by atoms with van der Waals surface area (Å²) in [5.74, 6) is 1.55. The van der Waals surface area contributed by atoms with Crippen molar-refractivity contribution in [2.75, 3.05) is 39.9 Å². The van der Waals surface area contributed by atoms with Crippen molar-refractivity contribution in [1.82, 2.24) is 10.2 Å². The molecule has 1 heterocycles. The summed E-state index contributed by atoms with van der Waals surface area (Å²) in [4.78, 5) is 7.03. The number of aliphatic imine (C=N–C) groups is 1. The molecule has 2 aliphatic rings. The fourth-order valence-corrected chi connectivity index (χ4v) is 3.41. The van der Waals surface area contributed by atoms with E-state index in [1.165, 1.54) is 6.42 Å². The van der Waals surface area contributed by atoms with E-state index in [1.54, 1.807) is 7.11 Å². The first kappa shape index (κ1) is 20.0. The van der Waals surface area contributed by atoms with Crippen molar-refractivity contribution < 1.29 is 9.84 Å². The molecule has 0 radical (unpaired) electrons. The Hall–Kier alpha value is -0.0800. The number of rotatable bonds is 5. The third-order valence-corrected chi connectivity index (χ3v) is 4.63. The van der Waals surface area contributed by atoms with Crippen LogP contribution >= 0.6 is 24.0 Å². The van der Waals surface area contributed by atoms with Crippen molar-refractivity contribution in [3.05, 3.63) is 0 Å². The van der Waals surface area contributed by atoms with Gasteiger partial charge in [0.05, 0.1) is 18.8 Å². The molecule has 0 aromatic rings. The zero-order chi connectivity index (χ0) is 15.1. The van der Waals surface area contributed by atoms with Gasteiger partial charge in [0.15, 0.2) is 5.96 Å². The lowest BCUT2D eigenvalue weighted by Crippen LogP contribution is -2.42. The number of hydrogen-bond acceptors (Lipinski definition) is 3. The van der Waals surface area contributed by atoms with E-state index in [4.69, 9.17) is 9.73 Å². The minimum absolute atomic E-state index is 0. The SMILES string of the molecule is CCNC(=NCC1(O)CCCCC1)N1CCC(COC)C1.I. The number of methoxy groups -OCH3 is 1. The maximum atomic E-state index is 10.6. The molecule has 2 fully saturated rings. The van der Waals surface area contributed by atoms with Crippen molar-refractivity contribution in [3.8, 4) is 0 Å². The molecule has 2 rings (SSSR count). The van der Waals surface area contributed by atoms with Crippen LogP contribution in [0.4, 0.5) is 0 Å². The molecule has 0 aromatic carbocycles. The Morgan fingerprint density at radius 3 is 2.73 bits per heavy atom. The van der Waals surface area contributed by atoms with E-state index in [0.29, 0.717) is 12.5 Å². The number of halogens is 1. The molecule has 130 valence electrons. The number of likely N-dealkylation sites (tertiary alicyclic amines) is 1. The van der Waals surface area contributed by atoms with Crippen LogP contribution in [0.25, 0.3) is 0 Å². The van der Waals surface area contributed by atoms with Gasteiger partial charge in [-0.2, -0.15) is 0 Å². The van der Waals surface area contributed by atoms with E-state index >= 15 is 0 Å². The maximum Gasteiger partial charge on any atom is 0.194 e. The number of aliphatic hydroxyl groups is 1. The van der Waals surface area contributed by atoms with Crippen LogP contribution in [0.15, 0.2) is 4.99 Å². The summed E-state index contributed by atoms with van der Waals surface area (Å²) in [5, 5.41) is 14.0. The second kappa shape index (κ2) is 9.93. The summed E-state index contributed by atoms with van der Waals surface area (Å²) >= 11 is 0. The highest BCUT2D eigenvalue weighted by molar-refractivity contribution is 14.0. The van der Waals surface area contributed by atoms with Gasteiger partial charge in [-0.25, -0.2) is 0 Å². The lowest BCUT2D eigenvalue weighted by molar-refractivity contribution is 0.0130. The predicted octanol–water partition coefficient (Wildman–Crippen LogP) is 2.23. The fourth-order valence-electron chi connectivity index (χ4n) is 3.41. The highest BCUT2D eigenvalue weighted by Crippen LogP contribution is 2.28. The summed E-state index contributed by atoms with van der Waals surface area (Å²) < 4.78 is 5.26. The molecule has 1 saturated heterocycles. The first-order valence-corrected chi connectivity index (χ1v) is 8.41. The Labute approximate surface area is 151 Å². The molecule has 1 aliphatic carbocycles. The molecule has 0 spiro atoms. The van der Waals surface area contributed by atoms with Gasteiger partial charge in [0.1, 0.15) is 0 Å². The zero-order valence-electron chi connectivity index (χ0n) is 14.0. The molecule has 22 heavy (non-hydrogen) atoms. The van der Waals surface area contributed by atoms with Crippen LogP contribution in [-0.4, -0.2) is 61.5 Å². The predicted molar refractivity (Wildman–Crippen MR) is 101 cm³/mol. The second-order valence-corrected chi connectivity index (χ2v) is 6.51. The molecule has 0 amide bonds. The first-order chi connectivity index (χ1) is 10.2. The molecule has 0 bridgehead atoms. The molecular weight excluding hydrogens is 393 g/mol. The van der Waals surface area contributed by atoms with Gasteiger partial charge in [-0.05, 0) is 26.2 Å². The minimum Gasteiger partial charge on any atom is -0.388 e. The molecule has 1 saturated carbocycles. The summed E-state index contributed by atoms with van der Waals surface area (Å²) in [6, 6.07) is 0. The molecule has 5 nitrogen and oxygen atoms in total. The minimum atomic E-state index is -0.579. The Kier molecular flexibility index (Phi) is 9.01. The Morgan fingerprint density at radius 2 is 2.09 bits per heavy atom. The van der Waals surface area contributed by atoms with Gasteiger partial charge in [0, 0.05) is 32.7 Å². The molecule has 1 aliphatic heterocycles. The van der Waals surface area contributed by atoms with E-state index in [0.717, 1.165) is 64.3 Å². The number of hydrogen-bond donors (Lipinski definition) is 2. The summed E-state index contributed by atoms with van der Waals surface area (Å²) in [6.07, 6.45) is 6.44. The zero-order valence-corrected chi connectivity index (χ0v) is 16.3.